The molecule has 0 aliphatic carbocycles. The molecule has 2 fully saturated rings. The second kappa shape index (κ2) is 13.9. The highest BCUT2D eigenvalue weighted by Crippen LogP contribution is 2.32. The van der Waals surface area contributed by atoms with E-state index >= 15 is 0 Å². The van der Waals surface area contributed by atoms with Crippen molar-refractivity contribution in [2.75, 3.05) is 61.8 Å². The van der Waals surface area contributed by atoms with E-state index in [1.165, 1.54) is 11.8 Å². The molecule has 4 N–H and O–H groups in total. The lowest BCUT2D eigenvalue weighted by Crippen LogP contribution is -2.52. The van der Waals surface area contributed by atoms with Gasteiger partial charge >= 0.3 is 0 Å². The molecule has 2 amide bonds. The first kappa shape index (κ1) is 31.0. The Bertz CT molecular complexity index is 1510. The summed E-state index contributed by atoms with van der Waals surface area (Å²) in [5, 5.41) is 5.96. The molecule has 2 aliphatic rings. The maximum atomic E-state index is 12.4. The standard InChI is InChI=1S/C33H42N8O3/c1-5-27-33(44-26-9-7-8-23(21-26)35-29(42)6-2)38-32(30(37-27)31(34)43)36-24-10-11-28(22(3)20-24)41-14-12-25(13-15-41)40-18-16-39(4)17-19-40/h6-11,20-21,25H,2,5,12-19H2,1,3-4H3,(H2,34,43)(H,35,42)(H,36,38). The maximum absolute atomic E-state index is 12.4. The topological polar surface area (TPSA) is 129 Å². The van der Waals surface area contributed by atoms with Crippen molar-refractivity contribution in [3.8, 4) is 11.6 Å². The summed E-state index contributed by atoms with van der Waals surface area (Å²) in [5.41, 5.74) is 9.88. The number of aromatic nitrogens is 2. The average Bonchev–Trinajstić information content (AvgIpc) is 3.02. The molecule has 44 heavy (non-hydrogen) atoms. The van der Waals surface area contributed by atoms with Crippen LogP contribution in [0.5, 0.6) is 11.6 Å². The molecule has 0 saturated carbocycles. The summed E-state index contributed by atoms with van der Waals surface area (Å²) in [6.07, 6.45) is 3.99. The van der Waals surface area contributed by atoms with Crippen molar-refractivity contribution in [1.29, 1.82) is 0 Å². The average molecular weight is 599 g/mol. The number of aryl methyl sites for hydroxylation is 2. The summed E-state index contributed by atoms with van der Waals surface area (Å²) in [5.74, 6) is -0.119. The van der Waals surface area contributed by atoms with Gasteiger partial charge in [0.15, 0.2) is 11.5 Å². The van der Waals surface area contributed by atoms with Crippen LogP contribution in [0, 0.1) is 6.92 Å². The van der Waals surface area contributed by atoms with Crippen molar-refractivity contribution >= 4 is 34.7 Å². The lowest BCUT2D eigenvalue weighted by atomic mass is 10.0. The zero-order valence-electron chi connectivity index (χ0n) is 25.8. The van der Waals surface area contributed by atoms with Crippen molar-refractivity contribution in [3.05, 3.63) is 72.1 Å². The minimum atomic E-state index is -0.688. The number of ether oxygens (including phenoxy) is 1. The number of amides is 2. The zero-order chi connectivity index (χ0) is 31.2. The van der Waals surface area contributed by atoms with Crippen molar-refractivity contribution in [3.63, 3.8) is 0 Å². The van der Waals surface area contributed by atoms with E-state index < -0.39 is 5.91 Å². The number of carbonyl (C=O) groups excluding carboxylic acids is 2. The van der Waals surface area contributed by atoms with Gasteiger partial charge in [0.1, 0.15) is 11.4 Å². The van der Waals surface area contributed by atoms with E-state index in [0.29, 0.717) is 29.6 Å². The summed E-state index contributed by atoms with van der Waals surface area (Å²) in [6.45, 7) is 14.1. The minimum absolute atomic E-state index is 0.0360. The Morgan fingerprint density at radius 3 is 2.45 bits per heavy atom. The van der Waals surface area contributed by atoms with Gasteiger partial charge in [-0.1, -0.05) is 19.6 Å². The van der Waals surface area contributed by atoms with Gasteiger partial charge < -0.3 is 30.9 Å². The quantitative estimate of drug-likeness (QED) is 0.292. The Hall–Kier alpha value is -4.48. The highest BCUT2D eigenvalue weighted by atomic mass is 16.5. The van der Waals surface area contributed by atoms with Crippen molar-refractivity contribution < 1.29 is 14.3 Å². The molecule has 11 nitrogen and oxygen atoms in total. The number of anilines is 4. The molecule has 0 unspecified atom stereocenters. The molecule has 2 aliphatic heterocycles. The van der Waals surface area contributed by atoms with Gasteiger partial charge in [-0.25, -0.2) is 4.98 Å². The SMILES string of the molecule is C=CC(=O)Nc1cccc(Oc2nc(Nc3ccc(N4CCC(N5CCN(C)CC5)CC4)c(C)c3)c(C(N)=O)nc2CC)c1. The van der Waals surface area contributed by atoms with Gasteiger partial charge in [-0.05, 0) is 75.2 Å². The third-order valence-electron chi connectivity index (χ3n) is 8.32. The number of primary amides is 1. The van der Waals surface area contributed by atoms with E-state index in [9.17, 15) is 9.59 Å². The normalized spacial score (nSPS) is 16.4. The van der Waals surface area contributed by atoms with Crippen LogP contribution in [-0.4, -0.2) is 83.9 Å². The summed E-state index contributed by atoms with van der Waals surface area (Å²) < 4.78 is 6.09. The predicted molar refractivity (Wildman–Crippen MR) is 174 cm³/mol. The number of hydrogen-bond acceptors (Lipinski definition) is 9. The Labute approximate surface area is 259 Å². The van der Waals surface area contributed by atoms with E-state index in [2.05, 4.69) is 61.9 Å². The van der Waals surface area contributed by atoms with Crippen LogP contribution < -0.4 is 26.0 Å². The monoisotopic (exact) mass is 598 g/mol. The highest BCUT2D eigenvalue weighted by molar-refractivity contribution is 5.99. The number of piperidine rings is 1. The van der Waals surface area contributed by atoms with Gasteiger partial charge in [-0.15, -0.1) is 0 Å². The fraction of sp³-hybridized carbons (Fsp3) is 0.394. The molecule has 0 radical (unpaired) electrons. The van der Waals surface area contributed by atoms with Crippen molar-refractivity contribution in [1.82, 2.24) is 19.8 Å². The molecule has 3 aromatic rings. The largest absolute Gasteiger partial charge is 0.437 e. The van der Waals surface area contributed by atoms with E-state index in [-0.39, 0.29) is 23.3 Å². The lowest BCUT2D eigenvalue weighted by Gasteiger charge is -2.43. The van der Waals surface area contributed by atoms with E-state index in [0.717, 1.165) is 63.4 Å². The summed E-state index contributed by atoms with van der Waals surface area (Å²) in [7, 11) is 2.20. The molecular weight excluding hydrogens is 556 g/mol. The summed E-state index contributed by atoms with van der Waals surface area (Å²) in [6, 6.07) is 13.7. The number of nitrogens with zero attached hydrogens (tertiary/aromatic N) is 5. The Morgan fingerprint density at radius 1 is 1.05 bits per heavy atom. The third-order valence-corrected chi connectivity index (χ3v) is 8.32. The second-order valence-corrected chi connectivity index (χ2v) is 11.4. The molecule has 1 aromatic heterocycles. The first-order valence-electron chi connectivity index (χ1n) is 15.2. The van der Waals surface area contributed by atoms with Crippen LogP contribution in [0.4, 0.5) is 22.9 Å². The molecule has 0 atom stereocenters. The van der Waals surface area contributed by atoms with Crippen LogP contribution in [-0.2, 0) is 11.2 Å². The molecule has 11 heteroatoms. The number of carbonyl (C=O) groups is 2. The predicted octanol–water partition coefficient (Wildman–Crippen LogP) is 4.32. The molecule has 0 bridgehead atoms. The fourth-order valence-corrected chi connectivity index (χ4v) is 5.85. The molecule has 0 spiro atoms. The van der Waals surface area contributed by atoms with Crippen LogP contribution in [0.3, 0.4) is 0 Å². The number of hydrogen-bond donors (Lipinski definition) is 3. The number of benzene rings is 2. The van der Waals surface area contributed by atoms with Crippen LogP contribution in [0.1, 0.15) is 41.5 Å². The van der Waals surface area contributed by atoms with Crippen molar-refractivity contribution in [2.45, 2.75) is 39.2 Å². The van der Waals surface area contributed by atoms with Gasteiger partial charge in [0.25, 0.3) is 5.91 Å². The van der Waals surface area contributed by atoms with E-state index in [1.807, 2.05) is 19.1 Å². The second-order valence-electron chi connectivity index (χ2n) is 11.4. The number of piperazine rings is 1. The molecular formula is C33H42N8O3. The summed E-state index contributed by atoms with van der Waals surface area (Å²) >= 11 is 0. The Kier molecular flexibility index (Phi) is 9.76. The molecule has 2 saturated heterocycles. The zero-order valence-corrected chi connectivity index (χ0v) is 25.8. The van der Waals surface area contributed by atoms with Crippen LogP contribution in [0.2, 0.25) is 0 Å². The number of rotatable bonds is 10. The van der Waals surface area contributed by atoms with Crippen LogP contribution in [0.15, 0.2) is 55.1 Å². The van der Waals surface area contributed by atoms with E-state index in [4.69, 9.17) is 10.5 Å². The van der Waals surface area contributed by atoms with Gasteiger partial charge in [-0.2, -0.15) is 4.98 Å². The van der Waals surface area contributed by atoms with Gasteiger partial charge in [0, 0.05) is 68.4 Å². The molecule has 2 aromatic carbocycles. The van der Waals surface area contributed by atoms with Crippen LogP contribution >= 0.6 is 0 Å². The number of nitrogens with two attached hydrogens (primary N) is 1. The van der Waals surface area contributed by atoms with Gasteiger partial charge in [-0.3, -0.25) is 14.5 Å². The molecule has 3 heterocycles. The fourth-order valence-electron chi connectivity index (χ4n) is 5.85. The maximum Gasteiger partial charge on any atom is 0.271 e. The summed E-state index contributed by atoms with van der Waals surface area (Å²) in [4.78, 5) is 40.8. The number of nitrogens with one attached hydrogen (secondary N) is 2. The lowest BCUT2D eigenvalue weighted by molar-refractivity contribution is -0.111. The first-order valence-corrected chi connectivity index (χ1v) is 15.2. The van der Waals surface area contributed by atoms with Crippen molar-refractivity contribution in [2.24, 2.45) is 5.73 Å². The van der Waals surface area contributed by atoms with E-state index in [1.54, 1.807) is 24.3 Å². The molecule has 232 valence electrons. The Morgan fingerprint density at radius 2 is 1.80 bits per heavy atom. The third kappa shape index (κ3) is 7.35. The van der Waals surface area contributed by atoms with Gasteiger partial charge in [0.05, 0.1) is 0 Å². The smallest absolute Gasteiger partial charge is 0.271 e. The first-order chi connectivity index (χ1) is 21.2. The molecule has 5 rings (SSSR count). The number of likely N-dealkylation sites (N-methyl/N-ethyl adjacent to an activating group) is 1. The highest BCUT2D eigenvalue weighted by Gasteiger charge is 2.27. The minimum Gasteiger partial charge on any atom is -0.437 e. The van der Waals surface area contributed by atoms with Gasteiger partial charge in [0.2, 0.25) is 11.8 Å². The van der Waals surface area contributed by atoms with Crippen LogP contribution in [0.25, 0.3) is 0 Å². The Balaban J connectivity index is 1.31.